The standard InChI is InChI=1S/C15H18ClNO4/c1-9(15(19)20)11-7-17(8-11)14(18)6-10-5-12(16)3-4-13(10)21-2/h3-5,9,11H,6-8H2,1-2H3,(H,19,20). The van der Waals surface area contributed by atoms with Gasteiger partial charge in [-0.05, 0) is 18.2 Å². The van der Waals surface area contributed by atoms with Crippen molar-refractivity contribution in [2.24, 2.45) is 11.8 Å². The number of ether oxygens (including phenoxy) is 1. The van der Waals surface area contributed by atoms with Crippen LogP contribution in [0, 0.1) is 11.8 Å². The summed E-state index contributed by atoms with van der Waals surface area (Å²) >= 11 is 5.94. The van der Waals surface area contributed by atoms with Crippen molar-refractivity contribution in [3.8, 4) is 5.75 Å². The minimum absolute atomic E-state index is 0.0349. The Balaban J connectivity index is 1.95. The number of hydrogen-bond acceptors (Lipinski definition) is 3. The van der Waals surface area contributed by atoms with Gasteiger partial charge in [0.15, 0.2) is 0 Å². The molecule has 1 N–H and O–H groups in total. The smallest absolute Gasteiger partial charge is 0.306 e. The lowest BCUT2D eigenvalue weighted by Gasteiger charge is -2.41. The third-order valence-corrected chi connectivity index (χ3v) is 4.18. The molecule has 1 saturated heterocycles. The number of amides is 1. The summed E-state index contributed by atoms with van der Waals surface area (Å²) in [6, 6.07) is 5.16. The molecule has 6 heteroatoms. The quantitative estimate of drug-likeness (QED) is 0.904. The van der Waals surface area contributed by atoms with E-state index in [-0.39, 0.29) is 18.2 Å². The molecule has 0 aliphatic carbocycles. The Morgan fingerprint density at radius 1 is 1.48 bits per heavy atom. The number of hydrogen-bond donors (Lipinski definition) is 1. The number of nitrogens with zero attached hydrogens (tertiary/aromatic N) is 1. The maximum absolute atomic E-state index is 12.2. The minimum Gasteiger partial charge on any atom is -0.496 e. The Morgan fingerprint density at radius 3 is 2.71 bits per heavy atom. The van der Waals surface area contributed by atoms with E-state index in [1.54, 1.807) is 37.1 Å². The number of aliphatic carboxylic acids is 1. The van der Waals surface area contributed by atoms with Crippen molar-refractivity contribution < 1.29 is 19.4 Å². The lowest BCUT2D eigenvalue weighted by molar-refractivity contribution is -0.150. The molecule has 2 rings (SSSR count). The fourth-order valence-corrected chi connectivity index (χ4v) is 2.59. The molecule has 114 valence electrons. The molecule has 1 amide bonds. The van der Waals surface area contributed by atoms with Crippen LogP contribution in [0.15, 0.2) is 18.2 Å². The number of carboxylic acid groups (broad SMARTS) is 1. The summed E-state index contributed by atoms with van der Waals surface area (Å²) in [5.41, 5.74) is 0.740. The van der Waals surface area contributed by atoms with Gasteiger partial charge in [-0.15, -0.1) is 0 Å². The molecule has 1 aromatic carbocycles. The normalized spacial score (nSPS) is 16.2. The molecular formula is C15H18ClNO4. The van der Waals surface area contributed by atoms with Gasteiger partial charge in [0, 0.05) is 29.6 Å². The average molecular weight is 312 g/mol. The molecule has 0 bridgehead atoms. The second-order valence-electron chi connectivity index (χ2n) is 5.32. The molecule has 5 nitrogen and oxygen atoms in total. The van der Waals surface area contributed by atoms with Crippen LogP contribution in [0.4, 0.5) is 0 Å². The summed E-state index contributed by atoms with van der Waals surface area (Å²) in [5.74, 6) is -0.612. The van der Waals surface area contributed by atoms with Crippen LogP contribution in [-0.2, 0) is 16.0 Å². The fraction of sp³-hybridized carbons (Fsp3) is 0.467. The highest BCUT2D eigenvalue weighted by atomic mass is 35.5. The minimum atomic E-state index is -0.816. The van der Waals surface area contributed by atoms with E-state index in [2.05, 4.69) is 0 Å². The van der Waals surface area contributed by atoms with Gasteiger partial charge in [0.25, 0.3) is 0 Å². The monoisotopic (exact) mass is 311 g/mol. The van der Waals surface area contributed by atoms with E-state index in [4.69, 9.17) is 21.4 Å². The first-order chi connectivity index (χ1) is 9.92. The number of carboxylic acids is 1. The topological polar surface area (TPSA) is 66.8 Å². The van der Waals surface area contributed by atoms with Crippen LogP contribution in [-0.4, -0.2) is 42.1 Å². The maximum Gasteiger partial charge on any atom is 0.306 e. The highest BCUT2D eigenvalue weighted by molar-refractivity contribution is 6.30. The van der Waals surface area contributed by atoms with Crippen LogP contribution in [0.2, 0.25) is 5.02 Å². The first kappa shape index (κ1) is 15.6. The average Bonchev–Trinajstić information content (AvgIpc) is 2.36. The zero-order valence-electron chi connectivity index (χ0n) is 12.0. The summed E-state index contributed by atoms with van der Waals surface area (Å²) in [6.07, 6.45) is 0.206. The Labute approximate surface area is 128 Å². The van der Waals surface area contributed by atoms with Crippen LogP contribution in [0.25, 0.3) is 0 Å². The zero-order chi connectivity index (χ0) is 15.6. The van der Waals surface area contributed by atoms with E-state index in [1.807, 2.05) is 0 Å². The number of carbonyl (C=O) groups excluding carboxylic acids is 1. The molecule has 1 aliphatic rings. The molecule has 0 aromatic heterocycles. The van der Waals surface area contributed by atoms with Gasteiger partial charge >= 0.3 is 5.97 Å². The number of halogens is 1. The molecule has 0 radical (unpaired) electrons. The van der Waals surface area contributed by atoms with E-state index in [0.717, 1.165) is 5.56 Å². The van der Waals surface area contributed by atoms with Gasteiger partial charge in [0.05, 0.1) is 19.4 Å². The van der Waals surface area contributed by atoms with E-state index in [0.29, 0.717) is 23.9 Å². The second kappa shape index (κ2) is 6.35. The second-order valence-corrected chi connectivity index (χ2v) is 5.76. The van der Waals surface area contributed by atoms with Gasteiger partial charge in [0.1, 0.15) is 5.75 Å². The SMILES string of the molecule is COc1ccc(Cl)cc1CC(=O)N1CC(C(C)C(=O)O)C1. The van der Waals surface area contributed by atoms with Crippen LogP contribution < -0.4 is 4.74 Å². The third kappa shape index (κ3) is 3.47. The number of methoxy groups -OCH3 is 1. The number of carbonyl (C=O) groups is 2. The highest BCUT2D eigenvalue weighted by Crippen LogP contribution is 2.27. The number of rotatable bonds is 5. The predicted octanol–water partition coefficient (Wildman–Crippen LogP) is 2.07. The number of likely N-dealkylation sites (tertiary alicyclic amines) is 1. The summed E-state index contributed by atoms with van der Waals surface area (Å²) in [5, 5.41) is 9.50. The van der Waals surface area contributed by atoms with Crippen LogP contribution in [0.3, 0.4) is 0 Å². The van der Waals surface area contributed by atoms with Crippen molar-refractivity contribution in [1.29, 1.82) is 0 Å². The first-order valence-electron chi connectivity index (χ1n) is 6.75. The largest absolute Gasteiger partial charge is 0.496 e. The van der Waals surface area contributed by atoms with Crippen molar-refractivity contribution in [2.45, 2.75) is 13.3 Å². The van der Waals surface area contributed by atoms with E-state index >= 15 is 0 Å². The summed E-state index contributed by atoms with van der Waals surface area (Å²) in [4.78, 5) is 24.8. The van der Waals surface area contributed by atoms with Crippen LogP contribution in [0.1, 0.15) is 12.5 Å². The van der Waals surface area contributed by atoms with E-state index in [1.165, 1.54) is 0 Å². The molecule has 0 saturated carbocycles. The van der Waals surface area contributed by atoms with Gasteiger partial charge in [-0.3, -0.25) is 9.59 Å². The molecular weight excluding hydrogens is 294 g/mol. The zero-order valence-corrected chi connectivity index (χ0v) is 12.8. The number of benzene rings is 1. The lowest BCUT2D eigenvalue weighted by Crippen LogP contribution is -2.53. The van der Waals surface area contributed by atoms with Gasteiger partial charge in [-0.25, -0.2) is 0 Å². The van der Waals surface area contributed by atoms with Crippen molar-refractivity contribution in [3.63, 3.8) is 0 Å². The van der Waals surface area contributed by atoms with Crippen LogP contribution >= 0.6 is 11.6 Å². The van der Waals surface area contributed by atoms with Crippen molar-refractivity contribution in [3.05, 3.63) is 28.8 Å². The molecule has 0 spiro atoms. The molecule has 21 heavy (non-hydrogen) atoms. The van der Waals surface area contributed by atoms with Crippen molar-refractivity contribution >= 4 is 23.5 Å². The van der Waals surface area contributed by atoms with E-state index in [9.17, 15) is 9.59 Å². The Hall–Kier alpha value is -1.75. The Kier molecular flexibility index (Phi) is 4.73. The van der Waals surface area contributed by atoms with Gasteiger partial charge in [-0.2, -0.15) is 0 Å². The van der Waals surface area contributed by atoms with Crippen LogP contribution in [0.5, 0.6) is 5.75 Å². The molecule has 1 aromatic rings. The van der Waals surface area contributed by atoms with Gasteiger partial charge in [0.2, 0.25) is 5.91 Å². The Bertz CT molecular complexity index is 555. The van der Waals surface area contributed by atoms with Crippen molar-refractivity contribution in [1.82, 2.24) is 4.90 Å². The summed E-state index contributed by atoms with van der Waals surface area (Å²) in [7, 11) is 1.55. The molecule has 1 atom stereocenters. The molecule has 1 heterocycles. The van der Waals surface area contributed by atoms with Gasteiger partial charge < -0.3 is 14.7 Å². The van der Waals surface area contributed by atoms with Crippen molar-refractivity contribution in [2.75, 3.05) is 20.2 Å². The summed E-state index contributed by atoms with van der Waals surface area (Å²) < 4.78 is 5.22. The third-order valence-electron chi connectivity index (χ3n) is 3.94. The lowest BCUT2D eigenvalue weighted by atomic mass is 9.86. The molecule has 1 fully saturated rings. The summed E-state index contributed by atoms with van der Waals surface area (Å²) in [6.45, 7) is 2.67. The molecule has 1 aliphatic heterocycles. The predicted molar refractivity (Wildman–Crippen MR) is 78.6 cm³/mol. The van der Waals surface area contributed by atoms with E-state index < -0.39 is 11.9 Å². The maximum atomic E-state index is 12.2. The fourth-order valence-electron chi connectivity index (χ4n) is 2.39. The van der Waals surface area contributed by atoms with Gasteiger partial charge in [-0.1, -0.05) is 18.5 Å². The Morgan fingerprint density at radius 2 is 2.14 bits per heavy atom. The highest BCUT2D eigenvalue weighted by Gasteiger charge is 2.37. The molecule has 1 unspecified atom stereocenters. The first-order valence-corrected chi connectivity index (χ1v) is 7.13.